The van der Waals surface area contributed by atoms with Gasteiger partial charge in [-0.25, -0.2) is 0 Å². The van der Waals surface area contributed by atoms with E-state index in [-0.39, 0.29) is 5.69 Å². The molecule has 0 aliphatic rings. The van der Waals surface area contributed by atoms with Crippen molar-refractivity contribution in [2.45, 2.75) is 0 Å². The molecule has 10 nitrogen and oxygen atoms in total. The summed E-state index contributed by atoms with van der Waals surface area (Å²) in [6.45, 7) is 0. The number of nitro benzene ring substituents is 2. The van der Waals surface area contributed by atoms with Crippen LogP contribution >= 0.6 is 0 Å². The Morgan fingerprint density at radius 1 is 1.16 bits per heavy atom. The average Bonchev–Trinajstić information content (AvgIpc) is 2.28. The van der Waals surface area contributed by atoms with E-state index >= 15 is 0 Å². The van der Waals surface area contributed by atoms with Crippen LogP contribution in [0, 0.1) is 20.2 Å². The van der Waals surface area contributed by atoms with Gasteiger partial charge in [-0.05, 0) is 6.07 Å². The van der Waals surface area contributed by atoms with Crippen molar-refractivity contribution in [2.75, 3.05) is 18.8 Å². The molecule has 0 aliphatic carbocycles. The Kier molecular flexibility index (Phi) is 4.01. The summed E-state index contributed by atoms with van der Waals surface area (Å²) in [5, 5.41) is 21.3. The summed E-state index contributed by atoms with van der Waals surface area (Å²) in [6.07, 6.45) is 0. The highest BCUT2D eigenvalue weighted by molar-refractivity contribution is 7.90. The van der Waals surface area contributed by atoms with Crippen LogP contribution in [-0.4, -0.2) is 36.7 Å². The van der Waals surface area contributed by atoms with Gasteiger partial charge in [0.25, 0.3) is 11.4 Å². The molecule has 0 spiro atoms. The van der Waals surface area contributed by atoms with Gasteiger partial charge in [-0.1, -0.05) is 0 Å². The maximum Gasteiger partial charge on any atom is 0.301 e. The Balaban J connectivity index is 3.29. The number of anilines is 1. The maximum atomic E-state index is 11.6. The Morgan fingerprint density at radius 3 is 2.16 bits per heavy atom. The van der Waals surface area contributed by atoms with E-state index in [1.807, 2.05) is 4.72 Å². The first-order valence-corrected chi connectivity index (χ1v) is 6.22. The molecule has 0 radical (unpaired) electrons. The zero-order chi connectivity index (χ0) is 14.8. The lowest BCUT2D eigenvalue weighted by atomic mass is 10.2. The molecular formula is C8H10N4O6S. The molecule has 1 aromatic carbocycles. The third kappa shape index (κ3) is 3.35. The minimum Gasteiger partial charge on any atom is -0.264 e. The van der Waals surface area contributed by atoms with E-state index in [1.54, 1.807) is 0 Å². The number of hydrogen-bond acceptors (Lipinski definition) is 6. The first-order valence-electron chi connectivity index (χ1n) is 4.78. The lowest BCUT2D eigenvalue weighted by Gasteiger charge is -2.13. The highest BCUT2D eigenvalue weighted by Gasteiger charge is 2.23. The van der Waals surface area contributed by atoms with Gasteiger partial charge in [0.05, 0.1) is 15.9 Å². The Morgan fingerprint density at radius 2 is 1.74 bits per heavy atom. The zero-order valence-corrected chi connectivity index (χ0v) is 10.7. The fourth-order valence-corrected chi connectivity index (χ4v) is 1.73. The fraction of sp³-hybridized carbons (Fsp3) is 0.250. The first-order chi connectivity index (χ1) is 8.65. The topological polar surface area (TPSA) is 136 Å². The number of nitrogens with zero attached hydrogens (tertiary/aromatic N) is 3. The molecule has 0 unspecified atom stereocenters. The summed E-state index contributed by atoms with van der Waals surface area (Å²) < 4.78 is 25.9. The van der Waals surface area contributed by atoms with Gasteiger partial charge in [-0.15, -0.1) is 0 Å². The molecule has 104 valence electrons. The lowest BCUT2D eigenvalue weighted by molar-refractivity contribution is -0.393. The summed E-state index contributed by atoms with van der Waals surface area (Å²) in [6, 6.07) is 2.63. The molecule has 0 heterocycles. The van der Waals surface area contributed by atoms with E-state index in [1.165, 1.54) is 14.1 Å². The Labute approximate surface area is 108 Å². The van der Waals surface area contributed by atoms with Crippen molar-refractivity contribution in [1.29, 1.82) is 0 Å². The van der Waals surface area contributed by atoms with Crippen molar-refractivity contribution in [3.63, 3.8) is 0 Å². The summed E-state index contributed by atoms with van der Waals surface area (Å²) in [4.78, 5) is 19.6. The highest BCUT2D eigenvalue weighted by atomic mass is 32.2. The molecule has 1 rings (SSSR count). The van der Waals surface area contributed by atoms with Gasteiger partial charge in [0.1, 0.15) is 5.69 Å². The molecule has 0 aromatic heterocycles. The van der Waals surface area contributed by atoms with Crippen LogP contribution in [0.5, 0.6) is 0 Å². The molecule has 0 atom stereocenters. The molecule has 0 fully saturated rings. The minimum atomic E-state index is -3.93. The fourth-order valence-electron chi connectivity index (χ4n) is 1.10. The number of rotatable bonds is 5. The van der Waals surface area contributed by atoms with Crippen LogP contribution in [0.15, 0.2) is 18.2 Å². The lowest BCUT2D eigenvalue weighted by Crippen LogP contribution is -2.29. The molecule has 0 saturated heterocycles. The van der Waals surface area contributed by atoms with Gasteiger partial charge in [-0.3, -0.25) is 25.0 Å². The van der Waals surface area contributed by atoms with E-state index in [9.17, 15) is 28.6 Å². The molecule has 0 aliphatic heterocycles. The molecule has 0 saturated carbocycles. The molecule has 0 amide bonds. The summed E-state index contributed by atoms with van der Waals surface area (Å²) in [7, 11) is -1.46. The van der Waals surface area contributed by atoms with E-state index in [4.69, 9.17) is 0 Å². The molecular weight excluding hydrogens is 280 g/mol. The van der Waals surface area contributed by atoms with E-state index in [2.05, 4.69) is 0 Å². The van der Waals surface area contributed by atoms with Gasteiger partial charge >= 0.3 is 10.2 Å². The van der Waals surface area contributed by atoms with Crippen LogP contribution in [-0.2, 0) is 10.2 Å². The number of non-ortho nitro benzene ring substituents is 1. The summed E-state index contributed by atoms with van der Waals surface area (Å²) in [5.41, 5.74) is -1.54. The number of benzene rings is 1. The number of nitro groups is 2. The maximum absolute atomic E-state index is 11.6. The van der Waals surface area contributed by atoms with Gasteiger partial charge in [-0.2, -0.15) is 12.7 Å². The number of hydrogen-bond donors (Lipinski definition) is 1. The van der Waals surface area contributed by atoms with Crippen molar-refractivity contribution in [2.24, 2.45) is 0 Å². The standard InChI is InChI=1S/C8H10N4O6S/c1-10(2)19(17,18)9-7-4-3-6(11(13)14)5-8(7)12(15)16/h3-5,9H,1-2H3. The first kappa shape index (κ1) is 14.8. The van der Waals surface area contributed by atoms with Crippen LogP contribution in [0.4, 0.5) is 17.1 Å². The van der Waals surface area contributed by atoms with Crippen molar-refractivity contribution in [1.82, 2.24) is 4.31 Å². The monoisotopic (exact) mass is 290 g/mol. The van der Waals surface area contributed by atoms with E-state index in [0.29, 0.717) is 6.07 Å². The molecule has 0 bridgehead atoms. The van der Waals surface area contributed by atoms with Gasteiger partial charge in [0.15, 0.2) is 0 Å². The molecule has 19 heavy (non-hydrogen) atoms. The second-order valence-electron chi connectivity index (χ2n) is 3.61. The molecule has 11 heteroatoms. The minimum absolute atomic E-state index is 0.343. The predicted octanol–water partition coefficient (Wildman–Crippen LogP) is 0.721. The SMILES string of the molecule is CN(C)S(=O)(=O)Nc1ccc([N+](=O)[O-])cc1[N+](=O)[O-]. The molecule has 1 aromatic rings. The van der Waals surface area contributed by atoms with Crippen LogP contribution in [0.25, 0.3) is 0 Å². The highest BCUT2D eigenvalue weighted by Crippen LogP contribution is 2.29. The van der Waals surface area contributed by atoms with Gasteiger partial charge in [0, 0.05) is 20.2 Å². The van der Waals surface area contributed by atoms with Crippen molar-refractivity contribution < 1.29 is 18.3 Å². The Bertz CT molecular complexity index is 626. The second-order valence-corrected chi connectivity index (χ2v) is 5.49. The normalized spacial score (nSPS) is 11.3. The quantitative estimate of drug-likeness (QED) is 0.626. The average molecular weight is 290 g/mol. The van der Waals surface area contributed by atoms with Crippen LogP contribution in [0.3, 0.4) is 0 Å². The van der Waals surface area contributed by atoms with Crippen molar-refractivity contribution in [3.05, 3.63) is 38.4 Å². The van der Waals surface area contributed by atoms with E-state index in [0.717, 1.165) is 16.4 Å². The smallest absolute Gasteiger partial charge is 0.264 e. The Hall–Kier alpha value is -2.27. The van der Waals surface area contributed by atoms with Gasteiger partial charge in [0.2, 0.25) is 0 Å². The third-order valence-corrected chi connectivity index (χ3v) is 3.55. The van der Waals surface area contributed by atoms with Crippen LogP contribution < -0.4 is 4.72 Å². The zero-order valence-electron chi connectivity index (χ0n) is 9.93. The second kappa shape index (κ2) is 5.16. The third-order valence-electron chi connectivity index (χ3n) is 2.11. The van der Waals surface area contributed by atoms with Crippen molar-refractivity contribution in [3.8, 4) is 0 Å². The molecule has 1 N–H and O–H groups in total. The largest absolute Gasteiger partial charge is 0.301 e. The van der Waals surface area contributed by atoms with Crippen LogP contribution in [0.2, 0.25) is 0 Å². The van der Waals surface area contributed by atoms with E-state index < -0.39 is 31.4 Å². The summed E-state index contributed by atoms with van der Waals surface area (Å²) in [5.74, 6) is 0. The summed E-state index contributed by atoms with van der Waals surface area (Å²) >= 11 is 0. The predicted molar refractivity (Wildman–Crippen MR) is 66.0 cm³/mol. The van der Waals surface area contributed by atoms with Crippen LogP contribution in [0.1, 0.15) is 0 Å². The van der Waals surface area contributed by atoms with Crippen molar-refractivity contribution >= 4 is 27.3 Å². The number of nitrogens with one attached hydrogen (secondary N) is 1. The van der Waals surface area contributed by atoms with Gasteiger partial charge < -0.3 is 0 Å².